The molecule has 3 aliphatic rings. The lowest BCUT2D eigenvalue weighted by Gasteiger charge is -2.32. The average molecular weight is 697 g/mol. The molecule has 260 valence electrons. The molecule has 50 heavy (non-hydrogen) atoms. The number of aliphatic hydroxyl groups excluding tert-OH is 1. The number of para-hydroxylation sites is 1. The summed E-state index contributed by atoms with van der Waals surface area (Å²) in [4.78, 5) is 54.3. The molecule has 0 bridgehead atoms. The van der Waals surface area contributed by atoms with E-state index in [-0.39, 0.29) is 36.2 Å². The molecule has 14 heteroatoms. The van der Waals surface area contributed by atoms with Crippen molar-refractivity contribution in [2.45, 2.75) is 76.0 Å². The van der Waals surface area contributed by atoms with Gasteiger partial charge < -0.3 is 19.5 Å². The van der Waals surface area contributed by atoms with Crippen LogP contribution in [0.3, 0.4) is 0 Å². The van der Waals surface area contributed by atoms with Crippen molar-refractivity contribution in [3.8, 4) is 0 Å². The van der Waals surface area contributed by atoms with Crippen molar-refractivity contribution in [3.63, 3.8) is 0 Å². The number of rotatable bonds is 10. The van der Waals surface area contributed by atoms with Crippen molar-refractivity contribution in [1.29, 1.82) is 0 Å². The maximum Gasteiger partial charge on any atom is 0.269 e. The van der Waals surface area contributed by atoms with Crippen LogP contribution in [0.4, 0.5) is 22.7 Å². The Bertz CT molecular complexity index is 1960. The Balaban J connectivity index is 1.21. The number of anilines is 3. The van der Waals surface area contributed by atoms with Crippen LogP contribution in [0.1, 0.15) is 42.1 Å². The van der Waals surface area contributed by atoms with E-state index in [1.165, 1.54) is 12.1 Å². The molecule has 4 atom stereocenters. The second-order valence-corrected chi connectivity index (χ2v) is 17.9. The van der Waals surface area contributed by atoms with Crippen molar-refractivity contribution in [1.82, 2.24) is 15.0 Å². The van der Waals surface area contributed by atoms with E-state index in [0.717, 1.165) is 22.5 Å². The number of aliphatic hydroxyl groups is 1. The molecule has 3 aromatic carbocycles. The second kappa shape index (κ2) is 12.8. The molecule has 1 fully saturated rings. The van der Waals surface area contributed by atoms with E-state index in [1.807, 2.05) is 68.5 Å². The summed E-state index contributed by atoms with van der Waals surface area (Å²) in [6.45, 7) is 6.10. The van der Waals surface area contributed by atoms with Crippen LogP contribution in [0.2, 0.25) is 18.6 Å². The van der Waals surface area contributed by atoms with Crippen molar-refractivity contribution >= 4 is 42.9 Å². The van der Waals surface area contributed by atoms with Gasteiger partial charge in [0, 0.05) is 67.0 Å². The second-order valence-electron chi connectivity index (χ2n) is 14.0. The van der Waals surface area contributed by atoms with Gasteiger partial charge in [0.1, 0.15) is 0 Å². The quantitative estimate of drug-likeness (QED) is 0.135. The lowest BCUT2D eigenvalue weighted by Crippen LogP contribution is -2.46. The van der Waals surface area contributed by atoms with Gasteiger partial charge in [-0.1, -0.05) is 42.5 Å². The molecule has 0 radical (unpaired) electrons. The van der Waals surface area contributed by atoms with Crippen LogP contribution < -0.4 is 9.80 Å². The van der Waals surface area contributed by atoms with Crippen LogP contribution >= 0.6 is 0 Å². The van der Waals surface area contributed by atoms with E-state index in [0.29, 0.717) is 49.2 Å². The number of nitro benzene ring substituents is 1. The van der Waals surface area contributed by atoms with Gasteiger partial charge in [0.25, 0.3) is 11.6 Å². The number of aromatic nitrogens is 3. The first-order chi connectivity index (χ1) is 23.9. The third kappa shape index (κ3) is 5.71. The number of carbonyl (C=O) groups excluding carboxylic acids is 2. The predicted octanol–water partition coefficient (Wildman–Crippen LogP) is 4.77. The van der Waals surface area contributed by atoms with Crippen LogP contribution in [0.5, 0.6) is 0 Å². The monoisotopic (exact) mass is 696 g/mol. The van der Waals surface area contributed by atoms with Crippen LogP contribution in [0.15, 0.2) is 72.9 Å². The average Bonchev–Trinajstić information content (AvgIpc) is 3.74. The molecule has 1 aromatic heterocycles. The lowest BCUT2D eigenvalue weighted by molar-refractivity contribution is -0.385. The van der Waals surface area contributed by atoms with Gasteiger partial charge in [0.05, 0.1) is 34.6 Å². The molecular formula is C36H40N6O7Si. The standard InChI is InChI=1S/C36H40N6O7Si/c1-23-34(50(2,3)48)32(16-18-39-22-26(17-19-43)37-38-39)49-36(23)29-20-28(42(46)47)13-14-31(29)40(35(36)45)21-24-8-11-27(12-9-24)41-30-7-5-4-6-25(30)10-15-33(41)44/h4-9,11-14,20,22-23,32,34,43,48H,10,15-19,21H2,1-3H3/t23-,32+,34-,36+/m0/s1. The van der Waals surface area contributed by atoms with E-state index in [1.54, 1.807) is 26.7 Å². The highest BCUT2D eigenvalue weighted by molar-refractivity contribution is 6.71. The molecule has 4 aromatic rings. The summed E-state index contributed by atoms with van der Waals surface area (Å²) in [6.07, 6.45) is 3.14. The summed E-state index contributed by atoms with van der Waals surface area (Å²) < 4.78 is 8.50. The van der Waals surface area contributed by atoms with Crippen LogP contribution in [-0.4, -0.2) is 62.7 Å². The highest BCUT2D eigenvalue weighted by atomic mass is 28.4. The number of hydrogen-bond donors (Lipinski definition) is 2. The Labute approximate surface area is 290 Å². The zero-order chi connectivity index (χ0) is 35.4. The van der Waals surface area contributed by atoms with Crippen LogP contribution in [0.25, 0.3) is 0 Å². The summed E-state index contributed by atoms with van der Waals surface area (Å²) in [5.74, 6) is -0.808. The minimum Gasteiger partial charge on any atom is -0.432 e. The van der Waals surface area contributed by atoms with Gasteiger partial charge in [-0.15, -0.1) is 5.10 Å². The van der Waals surface area contributed by atoms with Gasteiger partial charge >= 0.3 is 0 Å². The molecule has 0 saturated carbocycles. The predicted molar refractivity (Wildman–Crippen MR) is 187 cm³/mol. The topological polar surface area (TPSA) is 164 Å². The molecule has 4 heterocycles. The minimum atomic E-state index is -2.97. The molecule has 7 rings (SSSR count). The number of amides is 2. The van der Waals surface area contributed by atoms with Crippen molar-refractivity contribution in [3.05, 3.63) is 105 Å². The Morgan fingerprint density at radius 3 is 2.54 bits per heavy atom. The first kappa shape index (κ1) is 33.7. The number of non-ortho nitro benzene ring substituents is 1. The molecule has 1 spiro atoms. The number of fused-ring (bicyclic) bond motifs is 3. The Morgan fingerprint density at radius 2 is 1.82 bits per heavy atom. The van der Waals surface area contributed by atoms with Gasteiger partial charge in [0.2, 0.25) is 5.91 Å². The van der Waals surface area contributed by atoms with Crippen LogP contribution in [-0.2, 0) is 45.9 Å². The molecule has 3 aliphatic heterocycles. The first-order valence-corrected chi connectivity index (χ1v) is 20.0. The van der Waals surface area contributed by atoms with Crippen LogP contribution in [0, 0.1) is 16.0 Å². The molecule has 2 N–H and O–H groups in total. The van der Waals surface area contributed by atoms with Gasteiger partial charge in [-0.05, 0) is 61.3 Å². The summed E-state index contributed by atoms with van der Waals surface area (Å²) in [6, 6.07) is 19.8. The van der Waals surface area contributed by atoms with Gasteiger partial charge in [0.15, 0.2) is 13.9 Å². The van der Waals surface area contributed by atoms with Crippen molar-refractivity contribution in [2.24, 2.45) is 5.92 Å². The highest BCUT2D eigenvalue weighted by Gasteiger charge is 2.66. The Morgan fingerprint density at radius 1 is 1.06 bits per heavy atom. The van der Waals surface area contributed by atoms with E-state index in [2.05, 4.69) is 10.3 Å². The number of ether oxygens (including phenoxy) is 1. The highest BCUT2D eigenvalue weighted by Crippen LogP contribution is 2.60. The SMILES string of the molecule is C[C@H]1[C@H]([Si](C)(C)O)[C@@H](CCn2cc(CCO)nn2)O[C@]12C(=O)N(Cc1ccc(N3C(=O)CCc4ccccc43)cc1)c1ccc([N+](=O)[O-])cc12. The fraction of sp³-hybridized carbons (Fsp3) is 0.389. The summed E-state index contributed by atoms with van der Waals surface area (Å²) in [5, 5.41) is 29.5. The fourth-order valence-electron chi connectivity index (χ4n) is 8.19. The maximum atomic E-state index is 14.8. The maximum absolute atomic E-state index is 14.8. The molecule has 0 aliphatic carbocycles. The number of nitro groups is 1. The van der Waals surface area contributed by atoms with E-state index in [9.17, 15) is 29.6 Å². The van der Waals surface area contributed by atoms with Crippen molar-refractivity contribution < 1.29 is 29.2 Å². The van der Waals surface area contributed by atoms with Gasteiger partial charge in [-0.25, -0.2) is 0 Å². The Kier molecular flexibility index (Phi) is 8.66. The smallest absolute Gasteiger partial charge is 0.269 e. The number of aryl methyl sites for hydroxylation is 2. The molecule has 1 saturated heterocycles. The number of hydrogen-bond acceptors (Lipinski definition) is 9. The fourth-order valence-corrected chi connectivity index (χ4v) is 10.8. The molecule has 13 nitrogen and oxygen atoms in total. The summed E-state index contributed by atoms with van der Waals surface area (Å²) in [7, 11) is -2.97. The third-order valence-electron chi connectivity index (χ3n) is 10.4. The summed E-state index contributed by atoms with van der Waals surface area (Å²) >= 11 is 0. The van der Waals surface area contributed by atoms with E-state index in [4.69, 9.17) is 4.74 Å². The van der Waals surface area contributed by atoms with E-state index < -0.39 is 30.9 Å². The van der Waals surface area contributed by atoms with Gasteiger partial charge in [-0.3, -0.25) is 29.3 Å². The normalized spacial score (nSPS) is 23.1. The Hall–Kier alpha value is -4.76. The largest absolute Gasteiger partial charge is 0.432 e. The third-order valence-corrected chi connectivity index (χ3v) is 12.9. The number of nitrogens with zero attached hydrogens (tertiary/aromatic N) is 6. The summed E-state index contributed by atoms with van der Waals surface area (Å²) in [5.41, 5.74) is 3.05. The first-order valence-electron chi connectivity index (χ1n) is 16.9. The van der Waals surface area contributed by atoms with Crippen molar-refractivity contribution in [2.75, 3.05) is 16.4 Å². The van der Waals surface area contributed by atoms with Gasteiger partial charge in [-0.2, -0.15) is 0 Å². The molecule has 0 unspecified atom stereocenters. The zero-order valence-electron chi connectivity index (χ0n) is 28.2. The van der Waals surface area contributed by atoms with E-state index >= 15 is 0 Å². The zero-order valence-corrected chi connectivity index (χ0v) is 29.2. The molecule has 2 amide bonds. The minimum absolute atomic E-state index is 0.0184. The number of benzene rings is 3. The number of carbonyl (C=O) groups is 2. The molecular weight excluding hydrogens is 657 g/mol. The lowest BCUT2D eigenvalue weighted by atomic mass is 9.82.